The monoisotopic (exact) mass is 367 g/mol. The van der Waals surface area contributed by atoms with Gasteiger partial charge >= 0.3 is 5.97 Å². The van der Waals surface area contributed by atoms with Crippen molar-refractivity contribution in [3.8, 4) is 11.8 Å². The maximum Gasteiger partial charge on any atom is 0.342 e. The summed E-state index contributed by atoms with van der Waals surface area (Å²) in [5, 5.41) is 10.8. The lowest BCUT2D eigenvalue weighted by Crippen LogP contribution is -2.50. The number of carbonyl (C=O) groups excluding carboxylic acids is 2. The highest BCUT2D eigenvalue weighted by atomic mass is 16.6. The Morgan fingerprint density at radius 1 is 1.22 bits per heavy atom. The van der Waals surface area contributed by atoms with Gasteiger partial charge in [-0.2, -0.15) is 0 Å². The molecule has 27 heavy (non-hydrogen) atoms. The molecule has 2 aliphatic rings. The molecule has 2 aliphatic heterocycles. The topological polar surface area (TPSA) is 66.8 Å². The van der Waals surface area contributed by atoms with E-state index < -0.39 is 11.6 Å². The number of amides is 1. The van der Waals surface area contributed by atoms with Crippen LogP contribution in [-0.2, 0) is 14.3 Å². The molecule has 1 spiro atoms. The molecule has 1 amide bonds. The molecular weight excluding hydrogens is 342 g/mol. The summed E-state index contributed by atoms with van der Waals surface area (Å²) in [6.07, 6.45) is 1.37. The van der Waals surface area contributed by atoms with E-state index in [1.54, 1.807) is 18.7 Å². The number of hydrogen-bond acceptors (Lipinski definition) is 4. The van der Waals surface area contributed by atoms with E-state index in [2.05, 4.69) is 11.8 Å². The number of aliphatic hydroxyl groups excluding tert-OH is 1. The van der Waals surface area contributed by atoms with E-state index in [1.165, 1.54) is 0 Å². The van der Waals surface area contributed by atoms with Crippen molar-refractivity contribution >= 4 is 17.4 Å². The number of ether oxygens (including phenoxy) is 1. The molecule has 0 aliphatic carbocycles. The van der Waals surface area contributed by atoms with Gasteiger partial charge in [0.25, 0.3) is 0 Å². The Bertz CT molecular complexity index is 870. The van der Waals surface area contributed by atoms with E-state index in [1.807, 2.05) is 26.0 Å². The van der Waals surface area contributed by atoms with Crippen molar-refractivity contribution in [3.63, 3.8) is 0 Å². The van der Waals surface area contributed by atoms with Gasteiger partial charge in [-0.1, -0.05) is 5.92 Å². The molecule has 0 radical (unpaired) electrons. The van der Waals surface area contributed by atoms with Crippen molar-refractivity contribution < 1.29 is 19.4 Å². The first-order chi connectivity index (χ1) is 12.8. The zero-order valence-corrected chi connectivity index (χ0v) is 16.3. The van der Waals surface area contributed by atoms with Crippen LogP contribution in [0.25, 0.3) is 5.57 Å². The molecule has 142 valence electrons. The van der Waals surface area contributed by atoms with Gasteiger partial charge in [0.2, 0.25) is 5.91 Å². The third kappa shape index (κ3) is 3.57. The van der Waals surface area contributed by atoms with Crippen LogP contribution in [0.1, 0.15) is 55.4 Å². The number of piperidine rings is 1. The van der Waals surface area contributed by atoms with Gasteiger partial charge in [-0.15, -0.1) is 5.92 Å². The second-order valence-corrected chi connectivity index (χ2v) is 7.44. The number of benzene rings is 1. The largest absolute Gasteiger partial charge is 0.511 e. The molecule has 1 N–H and O–H groups in total. The van der Waals surface area contributed by atoms with Crippen LogP contribution in [-0.4, -0.2) is 40.6 Å². The molecule has 0 bridgehead atoms. The summed E-state index contributed by atoms with van der Waals surface area (Å²) in [6, 6.07) is 3.84. The van der Waals surface area contributed by atoms with Gasteiger partial charge in [0.1, 0.15) is 16.9 Å². The fraction of sp³-hybridized carbons (Fsp3) is 0.455. The number of carbonyl (C=O) groups is 2. The normalized spacial score (nSPS) is 18.8. The van der Waals surface area contributed by atoms with Crippen molar-refractivity contribution in [3.05, 3.63) is 40.1 Å². The summed E-state index contributed by atoms with van der Waals surface area (Å²) < 4.78 is 5.85. The van der Waals surface area contributed by atoms with E-state index in [0.29, 0.717) is 25.9 Å². The summed E-state index contributed by atoms with van der Waals surface area (Å²) >= 11 is 0. The highest BCUT2D eigenvalue weighted by Crippen LogP contribution is 2.41. The fourth-order valence-electron chi connectivity index (χ4n) is 4.12. The number of nitrogens with zero attached hydrogens (tertiary/aromatic N) is 1. The average molecular weight is 367 g/mol. The quantitative estimate of drug-likeness (QED) is 0.611. The molecule has 0 saturated carbocycles. The molecule has 2 heterocycles. The number of aliphatic hydroxyl groups is 1. The Kier molecular flexibility index (Phi) is 5.01. The Morgan fingerprint density at radius 3 is 2.30 bits per heavy atom. The molecular formula is C22H25NO4. The molecule has 0 unspecified atom stereocenters. The zero-order chi connectivity index (χ0) is 19.8. The van der Waals surface area contributed by atoms with E-state index in [0.717, 1.165) is 22.3 Å². The highest BCUT2D eigenvalue weighted by molar-refractivity contribution is 6.18. The zero-order valence-electron chi connectivity index (χ0n) is 16.3. The standard InChI is InChI=1S/C22H25NO4/c1-5-6-17-11-14(2)19(15(3)12-17)20-18(25)13-22(27-21(20)26)7-9-23(10-8-22)16(4)24/h11-12,25H,7-10,13H2,1-4H3. The third-order valence-corrected chi connectivity index (χ3v) is 5.46. The van der Waals surface area contributed by atoms with Crippen LogP contribution in [0.4, 0.5) is 0 Å². The number of hydrogen-bond donors (Lipinski definition) is 1. The Balaban J connectivity index is 1.94. The van der Waals surface area contributed by atoms with Gasteiger partial charge in [-0.05, 0) is 49.6 Å². The van der Waals surface area contributed by atoms with Crippen molar-refractivity contribution in [1.29, 1.82) is 0 Å². The molecule has 1 saturated heterocycles. The van der Waals surface area contributed by atoms with E-state index in [4.69, 9.17) is 4.74 Å². The van der Waals surface area contributed by atoms with Crippen LogP contribution in [0.15, 0.2) is 17.9 Å². The third-order valence-electron chi connectivity index (χ3n) is 5.46. The number of esters is 1. The first kappa shape index (κ1) is 19.0. The smallest absolute Gasteiger partial charge is 0.342 e. The van der Waals surface area contributed by atoms with Crippen molar-refractivity contribution in [2.45, 2.75) is 52.6 Å². The number of likely N-dealkylation sites (tertiary alicyclic amines) is 1. The molecule has 1 aromatic carbocycles. The predicted molar refractivity (Wildman–Crippen MR) is 103 cm³/mol. The molecule has 0 atom stereocenters. The summed E-state index contributed by atoms with van der Waals surface area (Å²) in [6.45, 7) is 8.21. The predicted octanol–water partition coefficient (Wildman–Crippen LogP) is 3.27. The molecule has 1 aromatic rings. The molecule has 5 nitrogen and oxygen atoms in total. The summed E-state index contributed by atoms with van der Waals surface area (Å²) in [5.41, 5.74) is 2.90. The molecule has 0 aromatic heterocycles. The minimum absolute atomic E-state index is 0.0222. The van der Waals surface area contributed by atoms with Gasteiger partial charge < -0.3 is 14.7 Å². The van der Waals surface area contributed by atoms with Crippen LogP contribution in [0.3, 0.4) is 0 Å². The fourth-order valence-corrected chi connectivity index (χ4v) is 4.12. The minimum atomic E-state index is -0.716. The van der Waals surface area contributed by atoms with E-state index in [9.17, 15) is 14.7 Å². The maximum absolute atomic E-state index is 12.9. The van der Waals surface area contributed by atoms with Crippen LogP contribution in [0, 0.1) is 25.7 Å². The van der Waals surface area contributed by atoms with Gasteiger partial charge in [0, 0.05) is 44.8 Å². The van der Waals surface area contributed by atoms with Crippen molar-refractivity contribution in [2.75, 3.05) is 13.1 Å². The Labute approximate surface area is 160 Å². The second-order valence-electron chi connectivity index (χ2n) is 7.44. The van der Waals surface area contributed by atoms with Crippen LogP contribution < -0.4 is 0 Å². The van der Waals surface area contributed by atoms with E-state index >= 15 is 0 Å². The highest BCUT2D eigenvalue weighted by Gasteiger charge is 2.45. The molecule has 3 rings (SSSR count). The lowest BCUT2D eigenvalue weighted by Gasteiger charge is -2.43. The summed E-state index contributed by atoms with van der Waals surface area (Å²) in [7, 11) is 0. The van der Waals surface area contributed by atoms with Crippen molar-refractivity contribution in [2.24, 2.45) is 0 Å². The van der Waals surface area contributed by atoms with E-state index in [-0.39, 0.29) is 23.7 Å². The van der Waals surface area contributed by atoms with Gasteiger partial charge in [-0.3, -0.25) is 4.79 Å². The first-order valence-electron chi connectivity index (χ1n) is 9.22. The Hall–Kier alpha value is -2.74. The summed E-state index contributed by atoms with van der Waals surface area (Å²) in [4.78, 5) is 26.1. The van der Waals surface area contributed by atoms with Crippen LogP contribution >= 0.6 is 0 Å². The Morgan fingerprint density at radius 2 is 1.81 bits per heavy atom. The lowest BCUT2D eigenvalue weighted by atomic mass is 9.82. The average Bonchev–Trinajstić information content (AvgIpc) is 2.57. The second kappa shape index (κ2) is 7.11. The minimum Gasteiger partial charge on any atom is -0.511 e. The van der Waals surface area contributed by atoms with Gasteiger partial charge in [-0.25, -0.2) is 4.79 Å². The van der Waals surface area contributed by atoms with Gasteiger partial charge in [0.15, 0.2) is 0 Å². The van der Waals surface area contributed by atoms with Crippen LogP contribution in [0.2, 0.25) is 0 Å². The van der Waals surface area contributed by atoms with Gasteiger partial charge in [0.05, 0.1) is 0 Å². The van der Waals surface area contributed by atoms with Crippen LogP contribution in [0.5, 0.6) is 0 Å². The maximum atomic E-state index is 12.9. The number of aryl methyl sites for hydroxylation is 2. The summed E-state index contributed by atoms with van der Waals surface area (Å²) in [5.74, 6) is 5.50. The van der Waals surface area contributed by atoms with Crippen molar-refractivity contribution in [1.82, 2.24) is 4.90 Å². The number of rotatable bonds is 1. The first-order valence-corrected chi connectivity index (χ1v) is 9.22. The lowest BCUT2D eigenvalue weighted by molar-refractivity contribution is -0.162. The SMILES string of the molecule is CC#Cc1cc(C)c(C2=C(O)CC3(CCN(C(C)=O)CC3)OC2=O)c(C)c1. The molecule has 5 heteroatoms. The molecule has 1 fully saturated rings.